The first-order valence-electron chi connectivity index (χ1n) is 6.64. The number of hydrogen-bond donors (Lipinski definition) is 2. The van der Waals surface area contributed by atoms with Gasteiger partial charge in [-0.2, -0.15) is 4.31 Å². The van der Waals surface area contributed by atoms with Crippen molar-refractivity contribution in [1.29, 1.82) is 0 Å². The molecule has 1 aromatic rings. The zero-order valence-electron chi connectivity index (χ0n) is 11.1. The van der Waals surface area contributed by atoms with Crippen LogP contribution in [-0.4, -0.2) is 37.0 Å². The SMILES string of the molecule is Nc1ccc(Br)cc1S(=O)(=O)N(CCO)C1CCCC1. The van der Waals surface area contributed by atoms with Gasteiger partial charge in [0.25, 0.3) is 0 Å². The molecular formula is C13H19BrN2O3S. The summed E-state index contributed by atoms with van der Waals surface area (Å²) < 4.78 is 27.7. The second-order valence-corrected chi connectivity index (χ2v) is 7.73. The quantitative estimate of drug-likeness (QED) is 0.784. The second kappa shape index (κ2) is 6.43. The third kappa shape index (κ3) is 3.16. The molecule has 0 aliphatic heterocycles. The molecule has 0 saturated heterocycles. The Bertz CT molecular complexity index is 571. The van der Waals surface area contributed by atoms with E-state index in [2.05, 4.69) is 15.9 Å². The molecule has 20 heavy (non-hydrogen) atoms. The van der Waals surface area contributed by atoms with E-state index in [0.717, 1.165) is 25.7 Å². The molecule has 5 nitrogen and oxygen atoms in total. The summed E-state index contributed by atoms with van der Waals surface area (Å²) in [6, 6.07) is 4.76. The van der Waals surface area contributed by atoms with E-state index in [1.165, 1.54) is 10.4 Å². The van der Waals surface area contributed by atoms with Gasteiger partial charge in [0.2, 0.25) is 10.0 Å². The molecule has 0 aromatic heterocycles. The van der Waals surface area contributed by atoms with Crippen LogP contribution in [0.5, 0.6) is 0 Å². The Kier molecular flexibility index (Phi) is 5.06. The summed E-state index contributed by atoms with van der Waals surface area (Å²) in [7, 11) is -3.68. The number of rotatable bonds is 5. The molecule has 0 amide bonds. The van der Waals surface area contributed by atoms with E-state index in [1.54, 1.807) is 12.1 Å². The lowest BCUT2D eigenvalue weighted by molar-refractivity contribution is 0.226. The Morgan fingerprint density at radius 2 is 2.00 bits per heavy atom. The van der Waals surface area contributed by atoms with Crippen LogP contribution in [0.25, 0.3) is 0 Å². The van der Waals surface area contributed by atoms with Crippen molar-refractivity contribution in [1.82, 2.24) is 4.31 Å². The number of nitrogens with two attached hydrogens (primary N) is 1. The molecule has 0 heterocycles. The second-order valence-electron chi connectivity index (χ2n) is 4.96. The highest BCUT2D eigenvalue weighted by molar-refractivity contribution is 9.10. The smallest absolute Gasteiger partial charge is 0.245 e. The summed E-state index contributed by atoms with van der Waals surface area (Å²) >= 11 is 3.27. The fraction of sp³-hybridized carbons (Fsp3) is 0.538. The summed E-state index contributed by atoms with van der Waals surface area (Å²) in [4.78, 5) is 0.104. The summed E-state index contributed by atoms with van der Waals surface area (Å²) in [5.74, 6) is 0. The van der Waals surface area contributed by atoms with Crippen molar-refractivity contribution >= 4 is 31.6 Å². The molecule has 1 fully saturated rings. The first-order valence-corrected chi connectivity index (χ1v) is 8.88. The van der Waals surface area contributed by atoms with Crippen molar-refractivity contribution in [2.75, 3.05) is 18.9 Å². The molecule has 0 atom stereocenters. The van der Waals surface area contributed by atoms with Gasteiger partial charge in [-0.05, 0) is 31.0 Å². The number of aliphatic hydroxyl groups excluding tert-OH is 1. The first-order chi connectivity index (χ1) is 9.46. The fourth-order valence-corrected chi connectivity index (χ4v) is 4.98. The first kappa shape index (κ1) is 15.8. The predicted octanol–water partition coefficient (Wildman–Crippen LogP) is 1.96. The van der Waals surface area contributed by atoms with Gasteiger partial charge in [-0.1, -0.05) is 28.8 Å². The molecule has 1 aliphatic rings. The summed E-state index contributed by atoms with van der Waals surface area (Å²) in [5.41, 5.74) is 6.05. The topological polar surface area (TPSA) is 83.6 Å². The molecule has 0 unspecified atom stereocenters. The lowest BCUT2D eigenvalue weighted by atomic mass is 10.2. The van der Waals surface area contributed by atoms with Crippen molar-refractivity contribution in [3.05, 3.63) is 22.7 Å². The van der Waals surface area contributed by atoms with Gasteiger partial charge in [0.15, 0.2) is 0 Å². The molecule has 1 aliphatic carbocycles. The monoisotopic (exact) mass is 362 g/mol. The molecule has 2 rings (SSSR count). The van der Waals surface area contributed by atoms with E-state index in [9.17, 15) is 13.5 Å². The Hall–Kier alpha value is -0.630. The zero-order chi connectivity index (χ0) is 14.8. The number of nitrogens with zero attached hydrogens (tertiary/aromatic N) is 1. The Morgan fingerprint density at radius 3 is 2.60 bits per heavy atom. The average Bonchev–Trinajstić information content (AvgIpc) is 2.92. The standard InChI is InChI=1S/C13H19BrN2O3S/c14-10-5-6-12(15)13(9-10)20(18,19)16(7-8-17)11-3-1-2-4-11/h5-6,9,11,17H,1-4,7-8,15H2. The molecule has 0 spiro atoms. The minimum absolute atomic E-state index is 0.0365. The minimum atomic E-state index is -3.68. The average molecular weight is 363 g/mol. The Morgan fingerprint density at radius 1 is 1.35 bits per heavy atom. The van der Waals surface area contributed by atoms with Crippen LogP contribution in [0.1, 0.15) is 25.7 Å². The molecule has 7 heteroatoms. The number of halogens is 1. The molecule has 0 bridgehead atoms. The molecule has 1 saturated carbocycles. The van der Waals surface area contributed by atoms with E-state index in [-0.39, 0.29) is 29.8 Å². The van der Waals surface area contributed by atoms with E-state index in [1.807, 2.05) is 0 Å². The summed E-state index contributed by atoms with van der Waals surface area (Å²) in [6.07, 6.45) is 3.73. The van der Waals surface area contributed by atoms with Crippen LogP contribution in [0.4, 0.5) is 5.69 Å². The van der Waals surface area contributed by atoms with Gasteiger partial charge in [0, 0.05) is 17.1 Å². The number of benzene rings is 1. The lowest BCUT2D eigenvalue weighted by Gasteiger charge is -2.28. The van der Waals surface area contributed by atoms with Crippen LogP contribution >= 0.6 is 15.9 Å². The highest BCUT2D eigenvalue weighted by atomic mass is 79.9. The third-order valence-electron chi connectivity index (χ3n) is 3.61. The van der Waals surface area contributed by atoms with Crippen LogP contribution in [0.15, 0.2) is 27.6 Å². The van der Waals surface area contributed by atoms with Gasteiger partial charge in [0.05, 0.1) is 12.3 Å². The van der Waals surface area contributed by atoms with Crippen LogP contribution in [0.2, 0.25) is 0 Å². The molecule has 0 radical (unpaired) electrons. The number of anilines is 1. The lowest BCUT2D eigenvalue weighted by Crippen LogP contribution is -2.40. The summed E-state index contributed by atoms with van der Waals surface area (Å²) in [6.45, 7) is -0.0808. The van der Waals surface area contributed by atoms with E-state index >= 15 is 0 Å². The zero-order valence-corrected chi connectivity index (χ0v) is 13.5. The van der Waals surface area contributed by atoms with E-state index < -0.39 is 10.0 Å². The molecular weight excluding hydrogens is 344 g/mol. The van der Waals surface area contributed by atoms with E-state index in [4.69, 9.17) is 5.73 Å². The van der Waals surface area contributed by atoms with Crippen LogP contribution in [-0.2, 0) is 10.0 Å². The maximum atomic E-state index is 12.8. The fourth-order valence-electron chi connectivity index (χ4n) is 2.65. The van der Waals surface area contributed by atoms with Crippen molar-refractivity contribution in [2.24, 2.45) is 0 Å². The van der Waals surface area contributed by atoms with Gasteiger partial charge in [0.1, 0.15) is 4.90 Å². The van der Waals surface area contributed by atoms with Gasteiger partial charge in [-0.25, -0.2) is 8.42 Å². The predicted molar refractivity (Wildman–Crippen MR) is 81.8 cm³/mol. The Labute approximate surface area is 128 Å². The third-order valence-corrected chi connectivity index (χ3v) is 6.12. The number of aliphatic hydroxyl groups is 1. The maximum Gasteiger partial charge on any atom is 0.245 e. The summed E-state index contributed by atoms with van der Waals surface area (Å²) in [5, 5.41) is 9.18. The van der Waals surface area contributed by atoms with Crippen LogP contribution in [0, 0.1) is 0 Å². The van der Waals surface area contributed by atoms with Crippen molar-refractivity contribution in [3.63, 3.8) is 0 Å². The van der Waals surface area contributed by atoms with Crippen molar-refractivity contribution in [2.45, 2.75) is 36.6 Å². The molecule has 112 valence electrons. The highest BCUT2D eigenvalue weighted by Crippen LogP contribution is 2.31. The van der Waals surface area contributed by atoms with E-state index in [0.29, 0.717) is 4.47 Å². The minimum Gasteiger partial charge on any atom is -0.398 e. The maximum absolute atomic E-state index is 12.8. The van der Waals surface area contributed by atoms with Gasteiger partial charge in [-0.3, -0.25) is 0 Å². The molecule has 1 aromatic carbocycles. The molecule has 3 N–H and O–H groups in total. The number of sulfonamides is 1. The van der Waals surface area contributed by atoms with Gasteiger partial charge < -0.3 is 10.8 Å². The van der Waals surface area contributed by atoms with Crippen molar-refractivity contribution in [3.8, 4) is 0 Å². The van der Waals surface area contributed by atoms with Gasteiger partial charge in [-0.15, -0.1) is 0 Å². The number of hydrogen-bond acceptors (Lipinski definition) is 4. The van der Waals surface area contributed by atoms with Crippen LogP contribution < -0.4 is 5.73 Å². The van der Waals surface area contributed by atoms with Gasteiger partial charge >= 0.3 is 0 Å². The normalized spacial score (nSPS) is 16.9. The number of nitrogen functional groups attached to an aromatic ring is 1. The highest BCUT2D eigenvalue weighted by Gasteiger charge is 2.33. The van der Waals surface area contributed by atoms with Crippen molar-refractivity contribution < 1.29 is 13.5 Å². The van der Waals surface area contributed by atoms with Crippen LogP contribution in [0.3, 0.4) is 0 Å². The Balaban J connectivity index is 2.41. The largest absolute Gasteiger partial charge is 0.398 e.